The van der Waals surface area contributed by atoms with Gasteiger partial charge in [0.15, 0.2) is 0 Å². The lowest BCUT2D eigenvalue weighted by Crippen LogP contribution is -2.36. The molecule has 33 heavy (non-hydrogen) atoms. The van der Waals surface area contributed by atoms with Crippen LogP contribution in [-0.2, 0) is 18.3 Å². The lowest BCUT2D eigenvalue weighted by Gasteiger charge is -2.35. The third kappa shape index (κ3) is 4.15. The van der Waals surface area contributed by atoms with E-state index in [0.717, 1.165) is 11.6 Å². The summed E-state index contributed by atoms with van der Waals surface area (Å²) in [5.41, 5.74) is 2.79. The van der Waals surface area contributed by atoms with Gasteiger partial charge in [0.1, 0.15) is 29.2 Å². The van der Waals surface area contributed by atoms with E-state index in [1.165, 1.54) is 22.9 Å². The average Bonchev–Trinajstić information content (AvgIpc) is 3.33. The quantitative estimate of drug-likeness (QED) is 0.462. The van der Waals surface area contributed by atoms with Crippen LogP contribution < -0.4 is 5.32 Å². The Labute approximate surface area is 186 Å². The number of fused-ring (bicyclic) bond motifs is 1. The third-order valence-electron chi connectivity index (χ3n) is 5.84. The molecule has 0 radical (unpaired) electrons. The topological polar surface area (TPSA) is 84.8 Å². The fourth-order valence-electron chi connectivity index (χ4n) is 4.24. The van der Waals surface area contributed by atoms with Crippen LogP contribution in [0.4, 0.5) is 18.0 Å². The number of carbonyl (C=O) groups excluding carboxylic acids is 1. The molecule has 1 aliphatic carbocycles. The van der Waals surface area contributed by atoms with Crippen LogP contribution in [0.15, 0.2) is 42.6 Å². The molecule has 0 atom stereocenters. The van der Waals surface area contributed by atoms with E-state index in [-0.39, 0.29) is 24.1 Å². The number of nitrogens with one attached hydrogen (secondary N) is 2. The largest absolute Gasteiger partial charge is 0.446 e. The first kappa shape index (κ1) is 21.0. The molecule has 2 heterocycles. The molecule has 4 aromatic rings. The van der Waals surface area contributed by atoms with Gasteiger partial charge in [-0.3, -0.25) is 4.68 Å². The molecule has 7 nitrogen and oxygen atoms in total. The highest BCUT2D eigenvalue weighted by Crippen LogP contribution is 2.46. The molecule has 0 unspecified atom stereocenters. The molecule has 0 spiro atoms. The van der Waals surface area contributed by atoms with Crippen molar-refractivity contribution >= 4 is 17.0 Å². The molecule has 170 valence electrons. The molecule has 1 fully saturated rings. The molecule has 0 aliphatic heterocycles. The third-order valence-corrected chi connectivity index (χ3v) is 5.84. The maximum Gasteiger partial charge on any atom is 0.407 e. The van der Waals surface area contributed by atoms with E-state index in [1.54, 1.807) is 25.4 Å². The summed E-state index contributed by atoms with van der Waals surface area (Å²) in [6.07, 6.45) is 1.78. The van der Waals surface area contributed by atoms with Crippen molar-refractivity contribution in [3.05, 3.63) is 71.3 Å². The van der Waals surface area contributed by atoms with Crippen LogP contribution in [0.1, 0.15) is 30.0 Å². The van der Waals surface area contributed by atoms with Gasteiger partial charge >= 0.3 is 6.09 Å². The molecule has 2 aromatic heterocycles. The molecular formula is C23H20F3N5O2. The zero-order chi connectivity index (χ0) is 23.1. The first-order valence-corrected chi connectivity index (χ1v) is 10.4. The second kappa shape index (κ2) is 8.27. The predicted octanol–water partition coefficient (Wildman–Crippen LogP) is 4.55. The minimum absolute atomic E-state index is 0.0854. The van der Waals surface area contributed by atoms with Crippen LogP contribution in [0.2, 0.25) is 0 Å². The Kier molecular flexibility index (Phi) is 5.27. The number of aromatic amines is 1. The predicted molar refractivity (Wildman–Crippen MR) is 114 cm³/mol. The highest BCUT2D eigenvalue weighted by Gasteiger charge is 2.37. The molecule has 0 saturated heterocycles. The van der Waals surface area contributed by atoms with Gasteiger partial charge in [0, 0.05) is 24.7 Å². The molecule has 1 saturated carbocycles. The van der Waals surface area contributed by atoms with Gasteiger partial charge in [0.2, 0.25) is 0 Å². The molecule has 2 aromatic carbocycles. The van der Waals surface area contributed by atoms with E-state index in [4.69, 9.17) is 4.74 Å². The summed E-state index contributed by atoms with van der Waals surface area (Å²) in [4.78, 5) is 15.2. The van der Waals surface area contributed by atoms with E-state index in [0.29, 0.717) is 35.2 Å². The van der Waals surface area contributed by atoms with Crippen LogP contribution in [0.25, 0.3) is 22.2 Å². The zero-order valence-corrected chi connectivity index (χ0v) is 17.6. The van der Waals surface area contributed by atoms with Crippen molar-refractivity contribution < 1.29 is 22.7 Å². The number of aromatic nitrogens is 4. The number of benzene rings is 2. The monoisotopic (exact) mass is 455 g/mol. The number of halogens is 3. The van der Waals surface area contributed by atoms with Gasteiger partial charge in [-0.05, 0) is 60.2 Å². The fourth-order valence-corrected chi connectivity index (χ4v) is 4.24. The van der Waals surface area contributed by atoms with Crippen molar-refractivity contribution in [2.45, 2.75) is 31.4 Å². The van der Waals surface area contributed by atoms with Crippen molar-refractivity contribution in [3.63, 3.8) is 0 Å². The summed E-state index contributed by atoms with van der Waals surface area (Å²) in [6, 6.07) is 7.92. The summed E-state index contributed by atoms with van der Waals surface area (Å²) < 4.78 is 48.9. The zero-order valence-electron chi connectivity index (χ0n) is 17.6. The fraction of sp³-hybridized carbons (Fsp3) is 0.261. The maximum absolute atomic E-state index is 14.5. The number of carbonyl (C=O) groups is 1. The number of hydrogen-bond acceptors (Lipinski definition) is 4. The van der Waals surface area contributed by atoms with Crippen molar-refractivity contribution in [3.8, 4) is 11.3 Å². The number of H-pyrrole nitrogens is 1. The van der Waals surface area contributed by atoms with E-state index in [2.05, 4.69) is 20.6 Å². The number of alkyl carbamates (subject to hydrolysis) is 1. The molecular weight excluding hydrogens is 435 g/mol. The summed E-state index contributed by atoms with van der Waals surface area (Å²) in [5, 5.41) is 10.7. The van der Waals surface area contributed by atoms with E-state index in [1.807, 2.05) is 0 Å². The van der Waals surface area contributed by atoms with Gasteiger partial charge in [0.25, 0.3) is 0 Å². The van der Waals surface area contributed by atoms with Crippen molar-refractivity contribution in [1.82, 2.24) is 25.3 Å². The summed E-state index contributed by atoms with van der Waals surface area (Å²) in [5.74, 6) is -1.85. The van der Waals surface area contributed by atoms with E-state index < -0.39 is 23.5 Å². The number of hydrogen-bond donors (Lipinski definition) is 2. The minimum atomic E-state index is -0.699. The Morgan fingerprint density at radius 2 is 1.94 bits per heavy atom. The Bertz CT molecular complexity index is 1330. The van der Waals surface area contributed by atoms with Gasteiger partial charge < -0.3 is 15.0 Å². The number of ether oxygens (including phenoxy) is 1. The highest BCUT2D eigenvalue weighted by molar-refractivity contribution is 5.92. The SMILES string of the molecule is Cn1cc(CNC(=O)OC2CC(c3c(-c4ccc(F)cc4)[nH]c4c(F)cc(F)cc34)C2)nn1. The number of aryl methyl sites for hydroxylation is 1. The molecule has 0 bridgehead atoms. The van der Waals surface area contributed by atoms with Gasteiger partial charge in [-0.1, -0.05) is 5.21 Å². The number of rotatable bonds is 5. The number of amides is 1. The average molecular weight is 455 g/mol. The minimum Gasteiger partial charge on any atom is -0.446 e. The van der Waals surface area contributed by atoms with Crippen molar-refractivity contribution in [2.75, 3.05) is 0 Å². The standard InChI is InChI=1S/C23H20F3N5O2/c1-31-11-16(29-30-31)10-27-23(32)33-17-6-13(7-17)20-18-8-15(25)9-19(26)22(18)28-21(20)12-2-4-14(24)5-3-12/h2-5,8-9,11,13,17,28H,6-7,10H2,1H3,(H,27,32). The Balaban J connectivity index is 1.34. The van der Waals surface area contributed by atoms with Crippen molar-refractivity contribution in [1.29, 1.82) is 0 Å². The van der Waals surface area contributed by atoms with Crippen molar-refractivity contribution in [2.24, 2.45) is 7.05 Å². The Hall–Kier alpha value is -3.82. The van der Waals surface area contributed by atoms with E-state index in [9.17, 15) is 18.0 Å². The highest BCUT2D eigenvalue weighted by atomic mass is 19.1. The van der Waals surface area contributed by atoms with Crippen LogP contribution in [0, 0.1) is 17.5 Å². The summed E-state index contributed by atoms with van der Waals surface area (Å²) >= 11 is 0. The molecule has 10 heteroatoms. The summed E-state index contributed by atoms with van der Waals surface area (Å²) in [6.45, 7) is 0.193. The Morgan fingerprint density at radius 1 is 1.18 bits per heavy atom. The molecule has 2 N–H and O–H groups in total. The number of nitrogens with zero attached hydrogens (tertiary/aromatic N) is 3. The normalized spacial score (nSPS) is 17.7. The van der Waals surface area contributed by atoms with Crippen LogP contribution in [0.3, 0.4) is 0 Å². The maximum atomic E-state index is 14.5. The summed E-state index contributed by atoms with van der Waals surface area (Å²) in [7, 11) is 1.73. The lowest BCUT2D eigenvalue weighted by molar-refractivity contribution is 0.0396. The first-order valence-electron chi connectivity index (χ1n) is 10.4. The van der Waals surface area contributed by atoms with Crippen LogP contribution >= 0.6 is 0 Å². The molecule has 1 aliphatic rings. The van der Waals surface area contributed by atoms with Gasteiger partial charge in [0.05, 0.1) is 17.8 Å². The van der Waals surface area contributed by atoms with E-state index >= 15 is 0 Å². The smallest absolute Gasteiger partial charge is 0.407 e. The Morgan fingerprint density at radius 3 is 2.64 bits per heavy atom. The van der Waals surface area contributed by atoms with Gasteiger partial charge in [-0.15, -0.1) is 5.10 Å². The second-order valence-electron chi connectivity index (χ2n) is 8.16. The molecule has 5 rings (SSSR count). The molecule has 1 amide bonds. The lowest BCUT2D eigenvalue weighted by atomic mass is 9.75. The van der Waals surface area contributed by atoms with Gasteiger partial charge in [-0.2, -0.15) is 0 Å². The van der Waals surface area contributed by atoms with Gasteiger partial charge in [-0.25, -0.2) is 18.0 Å². The van der Waals surface area contributed by atoms with Crippen LogP contribution in [-0.4, -0.2) is 32.2 Å². The first-order chi connectivity index (χ1) is 15.9. The van der Waals surface area contributed by atoms with Crippen LogP contribution in [0.5, 0.6) is 0 Å². The second-order valence-corrected chi connectivity index (χ2v) is 8.16.